The van der Waals surface area contributed by atoms with E-state index in [2.05, 4.69) is 11.0 Å². The van der Waals surface area contributed by atoms with Crippen LogP contribution in [0.5, 0.6) is 11.5 Å². The van der Waals surface area contributed by atoms with Gasteiger partial charge in [0, 0.05) is 12.5 Å². The maximum absolute atomic E-state index is 14.0. The molecule has 5 atom stereocenters. The Morgan fingerprint density at radius 3 is 2.54 bits per heavy atom. The van der Waals surface area contributed by atoms with Crippen molar-refractivity contribution in [3.05, 3.63) is 35.1 Å². The van der Waals surface area contributed by atoms with Crippen molar-refractivity contribution >= 4 is 11.9 Å². The van der Waals surface area contributed by atoms with Gasteiger partial charge in [0.1, 0.15) is 5.76 Å². The van der Waals surface area contributed by atoms with E-state index in [1.54, 1.807) is 14.0 Å². The minimum absolute atomic E-state index is 0.149. The minimum Gasteiger partial charge on any atom is -0.497 e. The maximum Gasteiger partial charge on any atom is 0.339 e. The average Bonchev–Trinajstić information content (AvgIpc) is 3.57. The van der Waals surface area contributed by atoms with E-state index in [-0.39, 0.29) is 19.1 Å². The highest BCUT2D eigenvalue weighted by Gasteiger charge is 2.60. The molecule has 10 nitrogen and oxygen atoms in total. The Morgan fingerprint density at radius 2 is 1.90 bits per heavy atom. The zero-order valence-corrected chi connectivity index (χ0v) is 23.3. The summed E-state index contributed by atoms with van der Waals surface area (Å²) < 4.78 is 28.2. The summed E-state index contributed by atoms with van der Waals surface area (Å²) in [6.07, 6.45) is 3.38. The Kier molecular flexibility index (Phi) is 7.10. The number of fused-ring (bicyclic) bond motifs is 3. The SMILES string of the molecule is CCC(C(C)(C)O)C(O)(CC(=O)OC)C(=O)OC1C(OC)=C[C@]23CCCN2CCc2cc4c(cc2[C@H]13)OCO4. The number of carbonyl (C=O) groups excluding carboxylic acids is 2. The van der Waals surface area contributed by atoms with E-state index in [1.165, 1.54) is 21.0 Å². The number of hydrogen-bond acceptors (Lipinski definition) is 10. The van der Waals surface area contributed by atoms with E-state index in [9.17, 15) is 19.8 Å². The fourth-order valence-electron chi connectivity index (χ4n) is 7.36. The largest absolute Gasteiger partial charge is 0.497 e. The predicted molar refractivity (Wildman–Crippen MR) is 139 cm³/mol. The number of nitrogens with zero attached hydrogens (tertiary/aromatic N) is 1. The van der Waals surface area contributed by atoms with Crippen LogP contribution >= 0.6 is 0 Å². The Morgan fingerprint density at radius 1 is 1.18 bits per heavy atom. The zero-order chi connectivity index (χ0) is 28.2. The van der Waals surface area contributed by atoms with Crippen LogP contribution in [-0.2, 0) is 30.2 Å². The molecular weight excluding hydrogens is 506 g/mol. The van der Waals surface area contributed by atoms with Crippen LogP contribution in [0, 0.1) is 5.92 Å². The molecule has 3 heterocycles. The first-order valence-electron chi connectivity index (χ1n) is 13.7. The first-order chi connectivity index (χ1) is 18.5. The molecule has 0 radical (unpaired) electrons. The van der Waals surface area contributed by atoms with Gasteiger partial charge in [-0.05, 0) is 75.4 Å². The Labute approximate surface area is 228 Å². The summed E-state index contributed by atoms with van der Waals surface area (Å²) in [7, 11) is 2.73. The van der Waals surface area contributed by atoms with Crippen LogP contribution < -0.4 is 9.47 Å². The first-order valence-corrected chi connectivity index (χ1v) is 13.7. The Hall–Kier alpha value is -2.82. The maximum atomic E-state index is 14.0. The number of hydrogen-bond donors (Lipinski definition) is 2. The number of carbonyl (C=O) groups is 2. The van der Waals surface area contributed by atoms with Crippen LogP contribution in [0.25, 0.3) is 0 Å². The molecule has 1 aromatic rings. The first kappa shape index (κ1) is 27.7. The Bertz CT molecular complexity index is 1170. The average molecular weight is 546 g/mol. The van der Waals surface area contributed by atoms with E-state index >= 15 is 0 Å². The van der Waals surface area contributed by atoms with Crippen LogP contribution in [0.3, 0.4) is 0 Å². The molecule has 10 heteroatoms. The molecule has 214 valence electrons. The fraction of sp³-hybridized carbons (Fsp3) is 0.655. The third-order valence-corrected chi connectivity index (χ3v) is 9.03. The van der Waals surface area contributed by atoms with Gasteiger partial charge < -0.3 is 33.9 Å². The molecule has 0 aromatic heterocycles. The van der Waals surface area contributed by atoms with Crippen molar-refractivity contribution in [1.29, 1.82) is 0 Å². The summed E-state index contributed by atoms with van der Waals surface area (Å²) in [5, 5.41) is 22.7. The molecule has 4 aliphatic rings. The molecule has 0 bridgehead atoms. The molecule has 1 aromatic carbocycles. The zero-order valence-electron chi connectivity index (χ0n) is 23.3. The number of rotatable bonds is 8. The smallest absolute Gasteiger partial charge is 0.339 e. The summed E-state index contributed by atoms with van der Waals surface area (Å²) in [5.41, 5.74) is -2.20. The number of esters is 2. The molecule has 1 fully saturated rings. The monoisotopic (exact) mass is 545 g/mol. The molecule has 0 saturated carbocycles. The van der Waals surface area contributed by atoms with Gasteiger partial charge in [-0.1, -0.05) is 6.92 Å². The highest BCUT2D eigenvalue weighted by Crippen LogP contribution is 2.56. The lowest BCUT2D eigenvalue weighted by Crippen LogP contribution is -2.57. The predicted octanol–water partition coefficient (Wildman–Crippen LogP) is 2.44. The molecule has 3 unspecified atom stereocenters. The second kappa shape index (κ2) is 9.98. The molecule has 3 aliphatic heterocycles. The van der Waals surface area contributed by atoms with Gasteiger partial charge in [0.2, 0.25) is 6.79 Å². The van der Waals surface area contributed by atoms with Crippen molar-refractivity contribution in [3.8, 4) is 11.5 Å². The standard InChI is InChI=1S/C29H39NO9/c1-6-22(27(2,3)33)29(34,15-23(31)36-5)26(32)39-25-21(35-4)14-28-9-7-10-30(28)11-8-17-12-19-20(38-16-37-19)13-18(17)24(25)28/h12-14,22,24-25,33-34H,6-11,15-16H2,1-5H3/t22?,24-,25?,28+,29?/m1/s1. The van der Waals surface area contributed by atoms with Crippen molar-refractivity contribution in [3.63, 3.8) is 0 Å². The van der Waals surface area contributed by atoms with Crippen molar-refractivity contribution in [1.82, 2.24) is 4.90 Å². The summed E-state index contributed by atoms with van der Waals surface area (Å²) in [6.45, 7) is 6.61. The highest BCUT2D eigenvalue weighted by molar-refractivity contribution is 5.86. The van der Waals surface area contributed by atoms with Gasteiger partial charge >= 0.3 is 11.9 Å². The molecule has 0 amide bonds. The van der Waals surface area contributed by atoms with Crippen molar-refractivity contribution in [2.75, 3.05) is 34.1 Å². The van der Waals surface area contributed by atoms with Gasteiger partial charge in [0.05, 0.1) is 37.7 Å². The van der Waals surface area contributed by atoms with E-state index in [1.807, 2.05) is 12.1 Å². The molecule has 1 aliphatic carbocycles. The third kappa shape index (κ3) is 4.46. The number of ether oxygens (including phenoxy) is 5. The van der Waals surface area contributed by atoms with Gasteiger partial charge in [0.25, 0.3) is 0 Å². The van der Waals surface area contributed by atoms with Crippen LogP contribution in [0.1, 0.15) is 63.5 Å². The lowest BCUT2D eigenvalue weighted by Gasteiger charge is -2.42. The molecule has 1 spiro atoms. The van der Waals surface area contributed by atoms with E-state index < -0.39 is 47.1 Å². The van der Waals surface area contributed by atoms with E-state index in [0.717, 1.165) is 43.5 Å². The van der Waals surface area contributed by atoms with Crippen molar-refractivity contribution in [2.45, 2.75) is 81.6 Å². The topological polar surface area (TPSA) is 124 Å². The quantitative estimate of drug-likeness (QED) is 0.471. The van der Waals surface area contributed by atoms with Gasteiger partial charge in [-0.3, -0.25) is 9.69 Å². The lowest BCUT2D eigenvalue weighted by atomic mass is 9.73. The minimum atomic E-state index is -2.33. The number of aliphatic hydroxyl groups is 2. The molecule has 1 saturated heterocycles. The summed E-state index contributed by atoms with van der Waals surface area (Å²) in [4.78, 5) is 28.8. The van der Waals surface area contributed by atoms with Crippen molar-refractivity contribution < 1.29 is 43.5 Å². The van der Waals surface area contributed by atoms with Crippen LogP contribution in [-0.4, -0.2) is 84.0 Å². The van der Waals surface area contributed by atoms with E-state index in [4.69, 9.17) is 23.7 Å². The number of benzene rings is 1. The Balaban J connectivity index is 1.59. The van der Waals surface area contributed by atoms with Crippen LogP contribution in [0.15, 0.2) is 24.0 Å². The summed E-state index contributed by atoms with van der Waals surface area (Å²) in [6, 6.07) is 3.98. The molecule has 5 rings (SSSR count). The molecular formula is C29H39NO9. The van der Waals surface area contributed by atoms with E-state index in [0.29, 0.717) is 17.3 Å². The third-order valence-electron chi connectivity index (χ3n) is 9.03. The summed E-state index contributed by atoms with van der Waals surface area (Å²) in [5.74, 6) is -1.29. The lowest BCUT2D eigenvalue weighted by molar-refractivity contribution is -0.195. The van der Waals surface area contributed by atoms with Crippen LogP contribution in [0.4, 0.5) is 0 Å². The number of methoxy groups -OCH3 is 2. The molecule has 39 heavy (non-hydrogen) atoms. The summed E-state index contributed by atoms with van der Waals surface area (Å²) >= 11 is 0. The van der Waals surface area contributed by atoms with Gasteiger partial charge in [-0.25, -0.2) is 4.79 Å². The second-order valence-corrected chi connectivity index (χ2v) is 11.6. The molecule has 2 N–H and O–H groups in total. The van der Waals surface area contributed by atoms with Gasteiger partial charge in [-0.15, -0.1) is 0 Å². The van der Waals surface area contributed by atoms with Gasteiger partial charge in [-0.2, -0.15) is 0 Å². The highest BCUT2D eigenvalue weighted by atomic mass is 16.7. The van der Waals surface area contributed by atoms with Gasteiger partial charge in [0.15, 0.2) is 23.2 Å². The second-order valence-electron chi connectivity index (χ2n) is 11.6. The van der Waals surface area contributed by atoms with Crippen LogP contribution in [0.2, 0.25) is 0 Å². The normalized spacial score (nSPS) is 27.8. The van der Waals surface area contributed by atoms with Crippen molar-refractivity contribution in [2.24, 2.45) is 5.92 Å². The fourth-order valence-corrected chi connectivity index (χ4v) is 7.36.